The van der Waals surface area contributed by atoms with Gasteiger partial charge in [-0.1, -0.05) is 138 Å². The summed E-state index contributed by atoms with van der Waals surface area (Å²) in [5, 5.41) is 5.61. The zero-order valence-electron chi connectivity index (χ0n) is 34.6. The molecule has 25 heteroatoms. The normalized spacial score (nSPS) is 12.9. The second-order valence-electron chi connectivity index (χ2n) is 14.0. The van der Waals surface area contributed by atoms with Gasteiger partial charge in [0.15, 0.2) is 11.6 Å². The quantitative estimate of drug-likeness (QED) is 0.0664. The molecule has 0 fully saturated rings. The molecule has 8 nitrogen and oxygen atoms in total. The Morgan fingerprint density at radius 2 is 1.01 bits per heavy atom. The zero-order valence-corrected chi connectivity index (χ0v) is 42.3. The molecule has 0 aliphatic rings. The van der Waals surface area contributed by atoms with Crippen LogP contribution in [0.4, 0.5) is 49.1 Å². The standard InChI is InChI=1S/C22H19BrCl3F3N2O2.C21H14BrCl3F6N2O2/c1-3-30-21(33)31(2)11-19(32)14-6-4-12(8-16(14)23)5-7-15(22(27,28)29)13-9-17(24)20(26)18(25)10-13;22-14-5-10(1-3-12(14)17(34)8-32-19(35)33-9-20(26,27)28)2-4-13(21(29,30)31)11-6-15(23)18(25)16(24)7-11/h4-10,15H,3,11H2,1-2H3,(H,30,33);1-7,13H,8-9H2,(H2,32,33,35)/b7-5+;4-2+. The first kappa shape index (κ1) is 58.6. The van der Waals surface area contributed by atoms with E-state index in [0.717, 1.165) is 36.4 Å². The largest absolute Gasteiger partial charge is 0.405 e. The molecule has 3 N–H and O–H groups in total. The molecular formula is C43H33Br2Cl6F9N4O4. The number of hydrogen-bond donors (Lipinski definition) is 3. The summed E-state index contributed by atoms with van der Waals surface area (Å²) < 4.78 is 119. The van der Waals surface area contributed by atoms with Crippen LogP contribution in [-0.2, 0) is 0 Å². The van der Waals surface area contributed by atoms with Crippen LogP contribution in [0.2, 0.25) is 30.1 Å². The summed E-state index contributed by atoms with van der Waals surface area (Å²) >= 11 is 41.6. The van der Waals surface area contributed by atoms with Crippen molar-refractivity contribution in [1.82, 2.24) is 20.9 Å². The number of carbonyl (C=O) groups excluding carboxylic acids is 4. The molecule has 4 rings (SSSR count). The molecule has 368 valence electrons. The summed E-state index contributed by atoms with van der Waals surface area (Å²) in [6.07, 6.45) is -9.57. The molecule has 0 heterocycles. The van der Waals surface area contributed by atoms with Crippen LogP contribution in [0.15, 0.2) is 81.8 Å². The van der Waals surface area contributed by atoms with E-state index in [1.165, 1.54) is 60.5 Å². The van der Waals surface area contributed by atoms with Gasteiger partial charge in [0.25, 0.3) is 0 Å². The summed E-state index contributed by atoms with van der Waals surface area (Å²) in [6, 6.07) is 11.3. The monoisotopic (exact) mass is 1210 g/mol. The number of Topliss-reactive ketones (excluding diaryl/α,β-unsaturated/α-hetero) is 2. The Hall–Kier alpha value is -3.69. The number of ketones is 2. The number of likely N-dealkylation sites (N-methyl/N-ethyl adjacent to an activating group) is 1. The second kappa shape index (κ2) is 25.4. The van der Waals surface area contributed by atoms with Gasteiger partial charge in [0.05, 0.1) is 55.1 Å². The van der Waals surface area contributed by atoms with Gasteiger partial charge in [-0.2, -0.15) is 39.5 Å². The highest BCUT2D eigenvalue weighted by Gasteiger charge is 2.40. The highest BCUT2D eigenvalue weighted by atomic mass is 79.9. The van der Waals surface area contributed by atoms with Crippen molar-refractivity contribution in [2.75, 3.05) is 33.2 Å². The number of hydrogen-bond acceptors (Lipinski definition) is 4. The lowest BCUT2D eigenvalue weighted by Crippen LogP contribution is -2.42. The molecule has 68 heavy (non-hydrogen) atoms. The molecular weight excluding hydrogens is 1180 g/mol. The van der Waals surface area contributed by atoms with Crippen LogP contribution in [0, 0.1) is 0 Å². The van der Waals surface area contributed by atoms with Gasteiger partial charge in [0, 0.05) is 33.7 Å². The van der Waals surface area contributed by atoms with Crippen molar-refractivity contribution < 1.29 is 58.7 Å². The Labute approximate surface area is 429 Å². The van der Waals surface area contributed by atoms with Gasteiger partial charge in [0.1, 0.15) is 6.54 Å². The first-order valence-corrected chi connectivity index (χ1v) is 22.8. The maximum absolute atomic E-state index is 13.7. The average molecular weight is 1210 g/mol. The van der Waals surface area contributed by atoms with E-state index in [1.807, 2.05) is 5.32 Å². The predicted octanol–water partition coefficient (Wildman–Crippen LogP) is 15.4. The van der Waals surface area contributed by atoms with Crippen molar-refractivity contribution in [2.45, 2.75) is 37.3 Å². The van der Waals surface area contributed by atoms with Gasteiger partial charge in [0.2, 0.25) is 0 Å². The van der Waals surface area contributed by atoms with E-state index < -0.39 is 55.3 Å². The average Bonchev–Trinajstić information content (AvgIpc) is 3.22. The number of nitrogens with one attached hydrogen (secondary N) is 3. The molecule has 0 spiro atoms. The van der Waals surface area contributed by atoms with Gasteiger partial charge >= 0.3 is 30.6 Å². The molecule has 4 aromatic carbocycles. The van der Waals surface area contributed by atoms with Crippen LogP contribution in [0.25, 0.3) is 12.2 Å². The minimum absolute atomic E-state index is 0.0194. The third kappa shape index (κ3) is 17.9. The van der Waals surface area contributed by atoms with Crippen molar-refractivity contribution in [3.05, 3.63) is 145 Å². The zero-order chi connectivity index (χ0) is 51.5. The molecule has 0 saturated heterocycles. The highest BCUT2D eigenvalue weighted by Crippen LogP contribution is 2.43. The first-order chi connectivity index (χ1) is 31.4. The van der Waals surface area contributed by atoms with Crippen LogP contribution in [0.1, 0.15) is 61.7 Å². The van der Waals surface area contributed by atoms with Gasteiger partial charge in [-0.3, -0.25) is 9.59 Å². The lowest BCUT2D eigenvalue weighted by molar-refractivity contribution is -0.140. The number of carbonyl (C=O) groups is 4. The maximum Gasteiger partial charge on any atom is 0.405 e. The number of amides is 4. The number of alkyl halides is 9. The minimum atomic E-state index is -4.68. The number of rotatable bonds is 14. The fourth-order valence-electron chi connectivity index (χ4n) is 5.62. The highest BCUT2D eigenvalue weighted by molar-refractivity contribution is 9.10. The number of nitrogens with zero attached hydrogens (tertiary/aromatic N) is 1. The Kier molecular flexibility index (Phi) is 21.9. The number of benzene rings is 4. The van der Waals surface area contributed by atoms with Crippen molar-refractivity contribution in [3.8, 4) is 0 Å². The summed E-state index contributed by atoms with van der Waals surface area (Å²) in [5.74, 6) is -5.01. The van der Waals surface area contributed by atoms with Crippen LogP contribution in [0.3, 0.4) is 0 Å². The van der Waals surface area contributed by atoms with Crippen molar-refractivity contribution in [1.29, 1.82) is 0 Å². The number of allylic oxidation sites excluding steroid dienone is 2. The number of urea groups is 2. The van der Waals surface area contributed by atoms with E-state index in [-0.39, 0.29) is 69.7 Å². The second-order valence-corrected chi connectivity index (χ2v) is 18.1. The fourth-order valence-corrected chi connectivity index (χ4v) is 8.08. The van der Waals surface area contributed by atoms with E-state index in [4.69, 9.17) is 69.6 Å². The lowest BCUT2D eigenvalue weighted by atomic mass is 9.96. The molecule has 0 radical (unpaired) electrons. The molecule has 0 bridgehead atoms. The number of halogens is 17. The van der Waals surface area contributed by atoms with Crippen LogP contribution in [0.5, 0.6) is 0 Å². The van der Waals surface area contributed by atoms with Crippen molar-refractivity contribution >= 4 is 137 Å². The molecule has 4 amide bonds. The van der Waals surface area contributed by atoms with E-state index in [1.54, 1.807) is 12.2 Å². The van der Waals surface area contributed by atoms with Crippen LogP contribution < -0.4 is 16.0 Å². The van der Waals surface area contributed by atoms with Crippen LogP contribution in [-0.4, -0.2) is 80.3 Å². The Morgan fingerprint density at radius 1 is 0.618 bits per heavy atom. The summed E-state index contributed by atoms with van der Waals surface area (Å²) in [4.78, 5) is 49.2. The Bertz CT molecular complexity index is 2520. The third-order valence-corrected chi connectivity index (χ3v) is 12.6. The lowest BCUT2D eigenvalue weighted by Gasteiger charge is -2.18. The van der Waals surface area contributed by atoms with E-state index in [0.29, 0.717) is 27.7 Å². The molecule has 0 aliphatic carbocycles. The maximum atomic E-state index is 13.7. The Morgan fingerprint density at radius 3 is 1.37 bits per heavy atom. The van der Waals surface area contributed by atoms with E-state index in [2.05, 4.69) is 37.2 Å². The van der Waals surface area contributed by atoms with Gasteiger partial charge in [-0.15, -0.1) is 0 Å². The molecule has 0 saturated carbocycles. The molecule has 0 aliphatic heterocycles. The summed E-state index contributed by atoms with van der Waals surface area (Å²) in [7, 11) is 1.49. The fraction of sp³-hybridized carbons (Fsp3) is 0.256. The molecule has 0 aromatic heterocycles. The van der Waals surface area contributed by atoms with Crippen molar-refractivity contribution in [2.24, 2.45) is 0 Å². The first-order valence-electron chi connectivity index (χ1n) is 18.9. The molecule has 2 unspecified atom stereocenters. The van der Waals surface area contributed by atoms with Gasteiger partial charge in [-0.25, -0.2) is 9.59 Å². The third-order valence-electron chi connectivity index (χ3n) is 8.90. The summed E-state index contributed by atoms with van der Waals surface area (Å²) in [5.41, 5.74) is 0.695. The Balaban J connectivity index is 0.000000361. The topological polar surface area (TPSA) is 108 Å². The SMILES string of the molecule is CCNC(=O)N(C)CC(=O)c1ccc(/C=C/C(c2cc(Cl)c(Cl)c(Cl)c2)C(F)(F)F)cc1Br.O=C(NCC(=O)c1ccc(/C=C/C(c2cc(Cl)c(Cl)c(Cl)c2)C(F)(F)F)cc1Br)NCC(F)(F)F. The van der Waals surface area contributed by atoms with E-state index >= 15 is 0 Å². The molecule has 2 atom stereocenters. The smallest absolute Gasteiger partial charge is 0.338 e. The predicted molar refractivity (Wildman–Crippen MR) is 255 cm³/mol. The van der Waals surface area contributed by atoms with E-state index in [9.17, 15) is 58.7 Å². The van der Waals surface area contributed by atoms with Crippen LogP contribution >= 0.6 is 101 Å². The minimum Gasteiger partial charge on any atom is -0.338 e. The summed E-state index contributed by atoms with van der Waals surface area (Å²) in [6.45, 7) is -0.143. The van der Waals surface area contributed by atoms with Crippen molar-refractivity contribution in [3.63, 3.8) is 0 Å². The van der Waals surface area contributed by atoms with Gasteiger partial charge < -0.3 is 20.9 Å². The van der Waals surface area contributed by atoms with Gasteiger partial charge in [-0.05, 0) is 77.7 Å². The molecule has 4 aromatic rings.